The van der Waals surface area contributed by atoms with Crippen LogP contribution in [0.15, 0.2) is 42.5 Å². The monoisotopic (exact) mass is 463 g/mol. The zero-order valence-electron chi connectivity index (χ0n) is 19.4. The highest BCUT2D eigenvalue weighted by Crippen LogP contribution is 2.34. The SMILES string of the molecule is CCOC(=O)c1c(C)nc2cccc(OCC3CCCN(C(=O)c4cccc(O)c4)C3)c2c1N. The number of hydrogen-bond donors (Lipinski definition) is 2. The lowest BCUT2D eigenvalue weighted by atomic mass is 9.98. The number of carbonyl (C=O) groups excluding carboxylic acids is 2. The molecule has 8 heteroatoms. The average molecular weight is 464 g/mol. The van der Waals surface area contributed by atoms with E-state index in [1.165, 1.54) is 6.07 Å². The predicted octanol–water partition coefficient (Wildman–Crippen LogP) is 3.94. The maximum atomic E-state index is 12.9. The van der Waals surface area contributed by atoms with Crippen molar-refractivity contribution in [1.29, 1.82) is 0 Å². The molecule has 2 aromatic carbocycles. The third-order valence-electron chi connectivity index (χ3n) is 6.05. The summed E-state index contributed by atoms with van der Waals surface area (Å²) in [6, 6.07) is 11.9. The van der Waals surface area contributed by atoms with Crippen LogP contribution in [0.2, 0.25) is 0 Å². The minimum atomic E-state index is -0.505. The van der Waals surface area contributed by atoms with Crippen LogP contribution in [0.25, 0.3) is 10.9 Å². The summed E-state index contributed by atoms with van der Waals surface area (Å²) in [5.41, 5.74) is 8.57. The summed E-state index contributed by atoms with van der Waals surface area (Å²) >= 11 is 0. The smallest absolute Gasteiger partial charge is 0.342 e. The highest BCUT2D eigenvalue weighted by Gasteiger charge is 2.26. The minimum absolute atomic E-state index is 0.0716. The summed E-state index contributed by atoms with van der Waals surface area (Å²) < 4.78 is 11.3. The number of carbonyl (C=O) groups is 2. The Hall–Kier alpha value is -3.81. The number of fused-ring (bicyclic) bond motifs is 1. The number of aryl methyl sites for hydroxylation is 1. The van der Waals surface area contributed by atoms with Crippen molar-refractivity contribution in [2.24, 2.45) is 5.92 Å². The molecule has 1 unspecified atom stereocenters. The van der Waals surface area contributed by atoms with Crippen LogP contribution in [-0.2, 0) is 4.74 Å². The van der Waals surface area contributed by atoms with E-state index in [1.807, 2.05) is 18.2 Å². The Kier molecular flexibility index (Phi) is 6.86. The Morgan fingerprint density at radius 1 is 1.24 bits per heavy atom. The molecule has 1 aliphatic heterocycles. The van der Waals surface area contributed by atoms with Gasteiger partial charge < -0.3 is 25.2 Å². The fraction of sp³-hybridized carbons (Fsp3) is 0.346. The maximum absolute atomic E-state index is 12.9. The van der Waals surface area contributed by atoms with E-state index in [9.17, 15) is 14.7 Å². The number of esters is 1. The van der Waals surface area contributed by atoms with Crippen molar-refractivity contribution in [3.8, 4) is 11.5 Å². The second-order valence-electron chi connectivity index (χ2n) is 8.48. The van der Waals surface area contributed by atoms with Crippen molar-refractivity contribution in [2.45, 2.75) is 26.7 Å². The maximum Gasteiger partial charge on any atom is 0.342 e. The molecule has 2 heterocycles. The van der Waals surface area contributed by atoms with E-state index in [1.54, 1.807) is 36.9 Å². The number of nitrogens with two attached hydrogens (primary N) is 1. The Morgan fingerprint density at radius 3 is 2.79 bits per heavy atom. The topological polar surface area (TPSA) is 115 Å². The molecule has 1 atom stereocenters. The van der Waals surface area contributed by atoms with Crippen molar-refractivity contribution in [3.05, 3.63) is 59.3 Å². The van der Waals surface area contributed by atoms with Crippen LogP contribution in [0.4, 0.5) is 5.69 Å². The van der Waals surface area contributed by atoms with E-state index in [0.717, 1.165) is 12.8 Å². The molecule has 34 heavy (non-hydrogen) atoms. The van der Waals surface area contributed by atoms with Crippen molar-refractivity contribution < 1.29 is 24.2 Å². The van der Waals surface area contributed by atoms with E-state index in [4.69, 9.17) is 15.2 Å². The molecule has 1 fully saturated rings. The molecule has 1 amide bonds. The first-order valence-corrected chi connectivity index (χ1v) is 11.5. The summed E-state index contributed by atoms with van der Waals surface area (Å²) in [7, 11) is 0. The van der Waals surface area contributed by atoms with Gasteiger partial charge in [0.1, 0.15) is 17.1 Å². The van der Waals surface area contributed by atoms with Gasteiger partial charge in [-0.2, -0.15) is 0 Å². The number of phenols is 1. The Morgan fingerprint density at radius 2 is 2.03 bits per heavy atom. The standard InChI is InChI=1S/C26H29N3O5/c1-3-33-26(32)22-16(2)28-20-10-5-11-21(23(20)24(22)27)34-15-17-7-6-12-29(14-17)25(31)18-8-4-9-19(30)13-18/h4-5,8-11,13,17,30H,3,6-7,12,14-15H2,1-2H3,(H2,27,28). The second-order valence-corrected chi connectivity index (χ2v) is 8.48. The Bertz CT molecular complexity index is 1230. The molecule has 8 nitrogen and oxygen atoms in total. The quantitative estimate of drug-likeness (QED) is 0.532. The third kappa shape index (κ3) is 4.76. The Labute approximate surface area is 198 Å². The van der Waals surface area contributed by atoms with Gasteiger partial charge in [-0.25, -0.2) is 4.79 Å². The van der Waals surface area contributed by atoms with Crippen molar-refractivity contribution in [2.75, 3.05) is 32.0 Å². The lowest BCUT2D eigenvalue weighted by Crippen LogP contribution is -2.41. The average Bonchev–Trinajstić information content (AvgIpc) is 2.82. The number of amides is 1. The molecule has 0 aliphatic carbocycles. The van der Waals surface area contributed by atoms with Gasteiger partial charge >= 0.3 is 5.97 Å². The van der Waals surface area contributed by atoms with Crippen molar-refractivity contribution in [1.82, 2.24) is 9.88 Å². The van der Waals surface area contributed by atoms with Crippen LogP contribution in [0.1, 0.15) is 46.2 Å². The summed E-state index contributed by atoms with van der Waals surface area (Å²) in [4.78, 5) is 31.7. The number of hydrogen-bond acceptors (Lipinski definition) is 7. The first-order valence-electron chi connectivity index (χ1n) is 11.5. The van der Waals surface area contributed by atoms with E-state index >= 15 is 0 Å². The number of aromatic nitrogens is 1. The van der Waals surface area contributed by atoms with Gasteiger partial charge in [-0.05, 0) is 57.0 Å². The van der Waals surface area contributed by atoms with Gasteiger partial charge in [-0.1, -0.05) is 12.1 Å². The highest BCUT2D eigenvalue weighted by molar-refractivity contribution is 6.07. The molecule has 1 saturated heterocycles. The number of piperidine rings is 1. The second kappa shape index (κ2) is 9.99. The summed E-state index contributed by atoms with van der Waals surface area (Å²) in [6.45, 7) is 5.33. The molecular weight excluding hydrogens is 434 g/mol. The van der Waals surface area contributed by atoms with Gasteiger partial charge in [0.2, 0.25) is 0 Å². The Balaban J connectivity index is 1.52. The molecule has 0 saturated carbocycles. The van der Waals surface area contributed by atoms with Gasteiger partial charge in [0.15, 0.2) is 0 Å². The minimum Gasteiger partial charge on any atom is -0.508 e. The van der Waals surface area contributed by atoms with Gasteiger partial charge in [0, 0.05) is 24.6 Å². The van der Waals surface area contributed by atoms with Gasteiger partial charge in [0.25, 0.3) is 5.91 Å². The molecular formula is C26H29N3O5. The molecule has 0 bridgehead atoms. The number of phenolic OH excluding ortho intramolecular Hbond substituents is 1. The first-order chi connectivity index (χ1) is 16.4. The molecule has 3 N–H and O–H groups in total. The van der Waals surface area contributed by atoms with Crippen molar-refractivity contribution >= 4 is 28.5 Å². The fourth-order valence-electron chi connectivity index (χ4n) is 4.44. The molecule has 0 radical (unpaired) electrons. The fourth-order valence-corrected chi connectivity index (χ4v) is 4.44. The van der Waals surface area contributed by atoms with E-state index in [0.29, 0.717) is 53.3 Å². The summed E-state index contributed by atoms with van der Waals surface area (Å²) in [6.07, 6.45) is 1.79. The number of likely N-dealkylation sites (tertiary alicyclic amines) is 1. The molecule has 1 aliphatic rings. The molecule has 178 valence electrons. The van der Waals surface area contributed by atoms with Crippen LogP contribution >= 0.6 is 0 Å². The number of aromatic hydroxyl groups is 1. The number of anilines is 1. The lowest BCUT2D eigenvalue weighted by Gasteiger charge is -2.33. The van der Waals surface area contributed by atoms with E-state index in [-0.39, 0.29) is 29.7 Å². The first kappa shape index (κ1) is 23.4. The number of ether oxygens (including phenoxy) is 2. The number of rotatable bonds is 6. The van der Waals surface area contributed by atoms with Crippen LogP contribution in [0.3, 0.4) is 0 Å². The molecule has 1 aromatic heterocycles. The van der Waals surface area contributed by atoms with Crippen LogP contribution in [0.5, 0.6) is 11.5 Å². The van der Waals surface area contributed by atoms with Gasteiger partial charge in [-0.3, -0.25) is 9.78 Å². The summed E-state index contributed by atoms with van der Waals surface area (Å²) in [5, 5.41) is 10.3. The van der Waals surface area contributed by atoms with Gasteiger partial charge in [-0.15, -0.1) is 0 Å². The number of nitrogens with zero attached hydrogens (tertiary/aromatic N) is 2. The van der Waals surface area contributed by atoms with Crippen LogP contribution in [-0.4, -0.2) is 53.2 Å². The zero-order chi connectivity index (χ0) is 24.2. The predicted molar refractivity (Wildman–Crippen MR) is 129 cm³/mol. The largest absolute Gasteiger partial charge is 0.508 e. The number of pyridine rings is 1. The van der Waals surface area contributed by atoms with E-state index in [2.05, 4.69) is 4.98 Å². The zero-order valence-corrected chi connectivity index (χ0v) is 19.4. The summed E-state index contributed by atoms with van der Waals surface area (Å²) in [5.74, 6) is 0.144. The number of nitrogen functional groups attached to an aromatic ring is 1. The van der Waals surface area contributed by atoms with Gasteiger partial charge in [0.05, 0.1) is 35.5 Å². The lowest BCUT2D eigenvalue weighted by molar-refractivity contribution is 0.0526. The van der Waals surface area contributed by atoms with E-state index < -0.39 is 5.97 Å². The van der Waals surface area contributed by atoms with Crippen LogP contribution in [0, 0.1) is 12.8 Å². The third-order valence-corrected chi connectivity index (χ3v) is 6.05. The molecule has 0 spiro atoms. The number of benzene rings is 2. The normalized spacial score (nSPS) is 15.8. The van der Waals surface area contributed by atoms with Crippen molar-refractivity contribution in [3.63, 3.8) is 0 Å². The van der Waals surface area contributed by atoms with Crippen LogP contribution < -0.4 is 10.5 Å². The molecule has 4 rings (SSSR count). The molecule has 3 aromatic rings. The highest BCUT2D eigenvalue weighted by atomic mass is 16.5.